The fourth-order valence-electron chi connectivity index (χ4n) is 4.09. The lowest BCUT2D eigenvalue weighted by Gasteiger charge is -2.20. The van der Waals surface area contributed by atoms with E-state index in [0.29, 0.717) is 6.61 Å². The van der Waals surface area contributed by atoms with Crippen molar-refractivity contribution < 1.29 is 30.5 Å². The summed E-state index contributed by atoms with van der Waals surface area (Å²) in [6.07, 6.45) is 21.2. The lowest BCUT2D eigenvalue weighted by molar-refractivity contribution is 0.0186. The number of hydrogen-bond donors (Lipinski definition) is 0. The van der Waals surface area contributed by atoms with E-state index in [2.05, 4.69) is 6.92 Å². The molecule has 0 aliphatic carbocycles. The maximum Gasteiger partial charge on any atom is 0.265 e. The Morgan fingerprint density at radius 2 is 1.09 bits per heavy atom. The zero-order chi connectivity index (χ0) is 26.4. The molecule has 0 aromatic rings. The van der Waals surface area contributed by atoms with Crippen LogP contribution < -0.4 is 0 Å². The summed E-state index contributed by atoms with van der Waals surface area (Å²) in [7, 11) is -6.23. The summed E-state index contributed by atoms with van der Waals surface area (Å²) in [5, 5.41) is 0. The first-order valence-electron chi connectivity index (χ1n) is 13.9. The summed E-state index contributed by atoms with van der Waals surface area (Å²) < 4.78 is 63.2. The van der Waals surface area contributed by atoms with Gasteiger partial charge in [-0.05, 0) is 12.8 Å². The summed E-state index contributed by atoms with van der Waals surface area (Å²) in [5.41, 5.74) is -1.39. The zero-order valence-corrected chi connectivity index (χ0v) is 24.6. The van der Waals surface area contributed by atoms with E-state index in [1.165, 1.54) is 97.0 Å². The predicted molar refractivity (Wildman–Crippen MR) is 145 cm³/mol. The third-order valence-electron chi connectivity index (χ3n) is 6.21. The van der Waals surface area contributed by atoms with E-state index >= 15 is 0 Å². The summed E-state index contributed by atoms with van der Waals surface area (Å²) in [5.74, 6) is -0.337. The molecule has 7 nitrogen and oxygen atoms in total. The molecular weight excluding hydrogens is 488 g/mol. The van der Waals surface area contributed by atoms with E-state index < -0.39 is 31.5 Å². The average molecular weight is 543 g/mol. The molecule has 0 spiro atoms. The lowest BCUT2D eigenvalue weighted by Crippen LogP contribution is -2.36. The third-order valence-corrected chi connectivity index (χ3v) is 8.98. The number of unbranched alkanes of at least 4 members (excludes halogenated alkanes) is 15. The Labute approximate surface area is 217 Å². The largest absolute Gasteiger partial charge is 0.379 e. The van der Waals surface area contributed by atoms with Crippen LogP contribution in [0.15, 0.2) is 0 Å². The van der Waals surface area contributed by atoms with Gasteiger partial charge >= 0.3 is 0 Å². The van der Waals surface area contributed by atoms with Crippen LogP contribution in [0.5, 0.6) is 0 Å². The molecule has 0 aliphatic rings. The Hall–Kier alpha value is -0.220. The minimum Gasteiger partial charge on any atom is -0.379 e. The molecule has 0 radical (unpaired) electrons. The van der Waals surface area contributed by atoms with E-state index in [-0.39, 0.29) is 18.8 Å². The number of ether oxygens (including phenoxy) is 2. The van der Waals surface area contributed by atoms with Crippen molar-refractivity contribution >= 4 is 20.0 Å². The van der Waals surface area contributed by atoms with E-state index in [9.17, 15) is 16.8 Å². The Morgan fingerprint density at radius 1 is 0.657 bits per heavy atom. The van der Waals surface area contributed by atoms with Crippen molar-refractivity contribution in [2.45, 2.75) is 135 Å². The van der Waals surface area contributed by atoms with Gasteiger partial charge in [0, 0.05) is 13.7 Å². The van der Waals surface area contributed by atoms with E-state index in [1.807, 2.05) is 0 Å². The van der Waals surface area contributed by atoms with Crippen molar-refractivity contribution in [3.63, 3.8) is 0 Å². The number of methoxy groups -OCH3 is 1. The molecule has 2 atom stereocenters. The van der Waals surface area contributed by atoms with Crippen LogP contribution in [0.25, 0.3) is 0 Å². The van der Waals surface area contributed by atoms with Crippen LogP contribution in [0.2, 0.25) is 0 Å². The number of hydrogen-bond acceptors (Lipinski definition) is 7. The number of rotatable bonds is 26. The minimum atomic E-state index is -3.86. The van der Waals surface area contributed by atoms with Gasteiger partial charge in [0.25, 0.3) is 10.1 Å². The molecule has 0 aromatic carbocycles. The smallest absolute Gasteiger partial charge is 0.265 e. The highest BCUT2D eigenvalue weighted by molar-refractivity contribution is 7.93. The van der Waals surface area contributed by atoms with Crippen molar-refractivity contribution in [2.75, 3.05) is 32.3 Å². The van der Waals surface area contributed by atoms with Gasteiger partial charge in [-0.3, -0.25) is 4.18 Å². The Balaban J connectivity index is 3.70. The van der Waals surface area contributed by atoms with Gasteiger partial charge in [-0.1, -0.05) is 110 Å². The second-order valence-electron chi connectivity index (χ2n) is 9.70. The lowest BCUT2D eigenvalue weighted by atomic mass is 10.0. The van der Waals surface area contributed by atoms with Gasteiger partial charge in [0.1, 0.15) is 0 Å². The first-order chi connectivity index (χ1) is 16.7. The summed E-state index contributed by atoms with van der Waals surface area (Å²) >= 11 is 0. The van der Waals surface area contributed by atoms with Crippen LogP contribution in [0, 0.1) is 0 Å². The first-order valence-corrected chi connectivity index (χ1v) is 17.4. The van der Waals surface area contributed by atoms with Crippen LogP contribution in [0.4, 0.5) is 0 Å². The molecule has 0 aromatic heterocycles. The molecule has 9 heteroatoms. The van der Waals surface area contributed by atoms with E-state index in [1.54, 1.807) is 6.92 Å². The van der Waals surface area contributed by atoms with Gasteiger partial charge in [0.15, 0.2) is 15.3 Å². The predicted octanol–water partition coefficient (Wildman–Crippen LogP) is 6.41. The monoisotopic (exact) mass is 542 g/mol. The number of sulfone groups is 1. The third kappa shape index (κ3) is 21.6. The van der Waals surface area contributed by atoms with Crippen molar-refractivity contribution in [3.05, 3.63) is 0 Å². The molecule has 212 valence electrons. The molecule has 0 heterocycles. The minimum absolute atomic E-state index is 0.0475. The van der Waals surface area contributed by atoms with Crippen LogP contribution in [0.1, 0.15) is 123 Å². The molecule has 0 saturated heterocycles. The second kappa shape index (κ2) is 21.8. The van der Waals surface area contributed by atoms with Gasteiger partial charge in [0.2, 0.25) is 0 Å². The van der Waals surface area contributed by atoms with Crippen LogP contribution >= 0.6 is 0 Å². The summed E-state index contributed by atoms with van der Waals surface area (Å²) in [6.45, 7) is 4.56. The Kier molecular flexibility index (Phi) is 21.7. The molecule has 0 aliphatic heterocycles. The molecule has 0 amide bonds. The summed E-state index contributed by atoms with van der Waals surface area (Å²) in [4.78, 5) is 0. The first kappa shape index (κ1) is 34.8. The standard InChI is InChI=1S/C26H54O7S2/c1-5-7-8-9-10-11-12-13-14-15-16-17-18-19-20-21-22-32-23-25(31-3)24-35(29,30)26(6-2)33-34(4,27)28/h25-26H,5-24H2,1-4H3. The van der Waals surface area contributed by atoms with E-state index in [0.717, 1.165) is 19.1 Å². The zero-order valence-electron chi connectivity index (χ0n) is 23.0. The quantitative estimate of drug-likeness (QED) is 0.0920. The van der Waals surface area contributed by atoms with Gasteiger partial charge < -0.3 is 9.47 Å². The summed E-state index contributed by atoms with van der Waals surface area (Å²) in [6, 6.07) is 0. The average Bonchev–Trinajstić information content (AvgIpc) is 2.80. The Morgan fingerprint density at radius 3 is 1.46 bits per heavy atom. The molecule has 2 unspecified atom stereocenters. The highest BCUT2D eigenvalue weighted by atomic mass is 32.2. The maximum atomic E-state index is 12.5. The topological polar surface area (TPSA) is 96.0 Å². The van der Waals surface area contributed by atoms with Crippen molar-refractivity contribution in [2.24, 2.45) is 0 Å². The van der Waals surface area contributed by atoms with Crippen LogP contribution in [0.3, 0.4) is 0 Å². The molecule has 0 saturated carbocycles. The van der Waals surface area contributed by atoms with Crippen LogP contribution in [-0.2, 0) is 33.6 Å². The van der Waals surface area contributed by atoms with E-state index in [4.69, 9.17) is 13.7 Å². The fourth-order valence-corrected chi connectivity index (χ4v) is 7.00. The molecule has 0 bridgehead atoms. The normalized spacial score (nSPS) is 14.3. The SMILES string of the molecule is CCCCCCCCCCCCCCCCCCOCC(CS(=O)(=O)C(CC)OS(C)(=O)=O)OC. The van der Waals surface area contributed by atoms with Crippen molar-refractivity contribution in [1.82, 2.24) is 0 Å². The van der Waals surface area contributed by atoms with Gasteiger partial charge in [-0.2, -0.15) is 8.42 Å². The van der Waals surface area contributed by atoms with Crippen molar-refractivity contribution in [3.8, 4) is 0 Å². The molecular formula is C26H54O7S2. The molecule has 0 N–H and O–H groups in total. The molecule has 0 rings (SSSR count). The van der Waals surface area contributed by atoms with Gasteiger partial charge in [-0.25, -0.2) is 8.42 Å². The van der Waals surface area contributed by atoms with Crippen molar-refractivity contribution in [1.29, 1.82) is 0 Å². The molecule has 0 fully saturated rings. The second-order valence-corrected chi connectivity index (χ2v) is 13.5. The van der Waals surface area contributed by atoms with Gasteiger partial charge in [0.05, 0.1) is 24.7 Å². The van der Waals surface area contributed by atoms with Crippen LogP contribution in [-0.4, -0.2) is 60.7 Å². The molecule has 35 heavy (non-hydrogen) atoms. The highest BCUT2D eigenvalue weighted by Crippen LogP contribution is 2.15. The Bertz CT molecular complexity index is 678. The fraction of sp³-hybridized carbons (Fsp3) is 1.00. The maximum absolute atomic E-state index is 12.5. The highest BCUT2D eigenvalue weighted by Gasteiger charge is 2.31. The van der Waals surface area contributed by atoms with Gasteiger partial charge in [-0.15, -0.1) is 0 Å².